The Morgan fingerprint density at radius 2 is 1.90 bits per heavy atom. The molecule has 0 aromatic carbocycles. The molecular formula is C12H20ClN3O3S. The molecular weight excluding hydrogens is 302 g/mol. The van der Waals surface area contributed by atoms with Crippen LogP contribution >= 0.6 is 10.7 Å². The van der Waals surface area contributed by atoms with Gasteiger partial charge in [-0.05, 0) is 12.8 Å². The zero-order valence-corrected chi connectivity index (χ0v) is 13.8. The Kier molecular flexibility index (Phi) is 5.59. The molecule has 0 spiro atoms. The van der Waals surface area contributed by atoms with E-state index in [-0.39, 0.29) is 17.2 Å². The Labute approximate surface area is 124 Å². The molecule has 0 bridgehead atoms. The molecule has 0 aliphatic carbocycles. The zero-order valence-electron chi connectivity index (χ0n) is 12.2. The van der Waals surface area contributed by atoms with Crippen molar-refractivity contribution in [3.63, 3.8) is 0 Å². The van der Waals surface area contributed by atoms with Crippen LogP contribution in [0.15, 0.2) is 4.90 Å². The maximum atomic E-state index is 11.7. The van der Waals surface area contributed by atoms with Crippen LogP contribution in [0.1, 0.15) is 31.7 Å². The minimum atomic E-state index is -3.83. The SMILES string of the molecule is CCc1nn(CCC(=O)N(C)C)c(CC)c1S(=O)(=O)Cl. The molecule has 0 radical (unpaired) electrons. The van der Waals surface area contributed by atoms with Gasteiger partial charge < -0.3 is 4.90 Å². The van der Waals surface area contributed by atoms with Crippen molar-refractivity contribution in [3.8, 4) is 0 Å². The Morgan fingerprint density at radius 3 is 2.30 bits per heavy atom. The number of hydrogen-bond acceptors (Lipinski definition) is 4. The smallest absolute Gasteiger partial charge is 0.264 e. The topological polar surface area (TPSA) is 72.3 Å². The number of rotatable bonds is 6. The number of nitrogens with zero attached hydrogens (tertiary/aromatic N) is 3. The van der Waals surface area contributed by atoms with Crippen molar-refractivity contribution in [1.82, 2.24) is 14.7 Å². The van der Waals surface area contributed by atoms with E-state index in [1.54, 1.807) is 18.8 Å². The van der Waals surface area contributed by atoms with Crippen molar-refractivity contribution >= 4 is 25.6 Å². The van der Waals surface area contributed by atoms with Gasteiger partial charge >= 0.3 is 0 Å². The van der Waals surface area contributed by atoms with Gasteiger partial charge in [-0.15, -0.1) is 0 Å². The van der Waals surface area contributed by atoms with Gasteiger partial charge in [0.1, 0.15) is 4.90 Å². The third-order valence-electron chi connectivity index (χ3n) is 3.03. The number of halogens is 1. The number of carbonyl (C=O) groups is 1. The molecule has 114 valence electrons. The normalized spacial score (nSPS) is 11.7. The Balaban J connectivity index is 3.16. The number of hydrogen-bond donors (Lipinski definition) is 0. The van der Waals surface area contributed by atoms with E-state index >= 15 is 0 Å². The molecule has 0 fully saturated rings. The fourth-order valence-electron chi connectivity index (χ4n) is 2.00. The minimum absolute atomic E-state index is 0.0316. The molecule has 1 amide bonds. The van der Waals surface area contributed by atoms with Crippen molar-refractivity contribution in [1.29, 1.82) is 0 Å². The lowest BCUT2D eigenvalue weighted by molar-refractivity contribution is -0.128. The number of aromatic nitrogens is 2. The van der Waals surface area contributed by atoms with Gasteiger partial charge in [0.25, 0.3) is 9.05 Å². The van der Waals surface area contributed by atoms with Crippen LogP contribution in [0.4, 0.5) is 0 Å². The summed E-state index contributed by atoms with van der Waals surface area (Å²) in [6, 6.07) is 0. The van der Waals surface area contributed by atoms with Crippen molar-refractivity contribution in [2.75, 3.05) is 14.1 Å². The van der Waals surface area contributed by atoms with E-state index in [9.17, 15) is 13.2 Å². The van der Waals surface area contributed by atoms with Crippen LogP contribution in [-0.2, 0) is 33.2 Å². The van der Waals surface area contributed by atoms with Gasteiger partial charge in [0.2, 0.25) is 5.91 Å². The molecule has 0 atom stereocenters. The molecule has 1 rings (SSSR count). The lowest BCUT2D eigenvalue weighted by atomic mass is 10.2. The van der Waals surface area contributed by atoms with Crippen LogP contribution in [0.3, 0.4) is 0 Å². The highest BCUT2D eigenvalue weighted by molar-refractivity contribution is 8.13. The van der Waals surface area contributed by atoms with E-state index in [2.05, 4.69) is 5.10 Å². The molecule has 0 N–H and O–H groups in total. The van der Waals surface area contributed by atoms with Crippen molar-refractivity contribution < 1.29 is 13.2 Å². The molecule has 6 nitrogen and oxygen atoms in total. The van der Waals surface area contributed by atoms with Crippen LogP contribution in [0.5, 0.6) is 0 Å². The highest BCUT2D eigenvalue weighted by atomic mass is 35.7. The lowest BCUT2D eigenvalue weighted by Crippen LogP contribution is -2.23. The molecule has 8 heteroatoms. The van der Waals surface area contributed by atoms with Gasteiger partial charge in [0.05, 0.1) is 17.9 Å². The summed E-state index contributed by atoms with van der Waals surface area (Å²) in [6.07, 6.45) is 1.24. The highest BCUT2D eigenvalue weighted by Crippen LogP contribution is 2.25. The maximum Gasteiger partial charge on any atom is 0.264 e. The molecule has 0 saturated heterocycles. The number of amides is 1. The monoisotopic (exact) mass is 321 g/mol. The summed E-state index contributed by atoms with van der Waals surface area (Å²) in [5.41, 5.74) is 1.01. The lowest BCUT2D eigenvalue weighted by Gasteiger charge is -2.11. The summed E-state index contributed by atoms with van der Waals surface area (Å²) in [5, 5.41) is 4.28. The van der Waals surface area contributed by atoms with Gasteiger partial charge in [0.15, 0.2) is 0 Å². The summed E-state index contributed by atoms with van der Waals surface area (Å²) < 4.78 is 25.0. The van der Waals surface area contributed by atoms with Crippen LogP contribution < -0.4 is 0 Å². The molecule has 0 aliphatic rings. The molecule has 1 aromatic heterocycles. The van der Waals surface area contributed by atoms with Crippen molar-refractivity contribution in [2.45, 2.75) is 44.6 Å². The van der Waals surface area contributed by atoms with Gasteiger partial charge in [-0.2, -0.15) is 5.10 Å². The van der Waals surface area contributed by atoms with Crippen molar-refractivity contribution in [3.05, 3.63) is 11.4 Å². The first kappa shape index (κ1) is 17.0. The van der Waals surface area contributed by atoms with Crippen molar-refractivity contribution in [2.24, 2.45) is 0 Å². The number of aryl methyl sites for hydroxylation is 2. The summed E-state index contributed by atoms with van der Waals surface area (Å²) in [6.45, 7) is 4.01. The quantitative estimate of drug-likeness (QED) is 0.743. The van der Waals surface area contributed by atoms with Gasteiger partial charge in [-0.1, -0.05) is 13.8 Å². The highest BCUT2D eigenvalue weighted by Gasteiger charge is 2.25. The summed E-state index contributed by atoms with van der Waals surface area (Å²) in [4.78, 5) is 13.2. The first-order chi connectivity index (χ1) is 9.22. The first-order valence-electron chi connectivity index (χ1n) is 6.45. The van der Waals surface area contributed by atoms with Gasteiger partial charge in [0, 0.05) is 31.2 Å². The first-order valence-corrected chi connectivity index (χ1v) is 8.76. The third-order valence-corrected chi connectivity index (χ3v) is 4.45. The molecule has 0 saturated carbocycles. The standard InChI is InChI=1S/C12H20ClN3O3S/c1-5-9-12(20(13,18)19)10(6-2)16(14-9)8-7-11(17)15(3)4/h5-8H2,1-4H3. The van der Waals surface area contributed by atoms with Crippen LogP contribution in [0.25, 0.3) is 0 Å². The average molecular weight is 322 g/mol. The van der Waals surface area contributed by atoms with E-state index in [1.807, 2.05) is 13.8 Å². The minimum Gasteiger partial charge on any atom is -0.349 e. The van der Waals surface area contributed by atoms with Crippen LogP contribution in [0.2, 0.25) is 0 Å². The predicted octanol–water partition coefficient (Wildman–Crippen LogP) is 1.41. The Morgan fingerprint density at radius 1 is 1.30 bits per heavy atom. The van der Waals surface area contributed by atoms with Crippen LogP contribution in [-0.4, -0.2) is 43.1 Å². The fraction of sp³-hybridized carbons (Fsp3) is 0.667. The van der Waals surface area contributed by atoms with Crippen LogP contribution in [0, 0.1) is 0 Å². The molecule has 1 aromatic rings. The second-order valence-electron chi connectivity index (χ2n) is 4.63. The summed E-state index contributed by atoms with van der Waals surface area (Å²) in [5.74, 6) is -0.0316. The second kappa shape index (κ2) is 6.58. The molecule has 0 unspecified atom stereocenters. The van der Waals surface area contributed by atoms with E-state index < -0.39 is 9.05 Å². The van der Waals surface area contributed by atoms with E-state index in [0.717, 1.165) is 0 Å². The summed E-state index contributed by atoms with van der Waals surface area (Å²) >= 11 is 0. The number of carbonyl (C=O) groups excluding carboxylic acids is 1. The average Bonchev–Trinajstić information content (AvgIpc) is 2.73. The van der Waals surface area contributed by atoms with E-state index in [1.165, 1.54) is 4.90 Å². The van der Waals surface area contributed by atoms with Gasteiger partial charge in [-0.25, -0.2) is 8.42 Å². The Hall–Kier alpha value is -1.08. The van der Waals surface area contributed by atoms with E-state index in [0.29, 0.717) is 30.8 Å². The van der Waals surface area contributed by atoms with Gasteiger partial charge in [-0.3, -0.25) is 9.48 Å². The Bertz CT molecular complexity index is 593. The zero-order chi connectivity index (χ0) is 15.5. The predicted molar refractivity (Wildman–Crippen MR) is 77.3 cm³/mol. The maximum absolute atomic E-state index is 11.7. The van der Waals surface area contributed by atoms with E-state index in [4.69, 9.17) is 10.7 Å². The molecule has 20 heavy (non-hydrogen) atoms. The summed E-state index contributed by atoms with van der Waals surface area (Å²) in [7, 11) is 5.03. The third kappa shape index (κ3) is 3.73. The molecule has 1 heterocycles. The second-order valence-corrected chi connectivity index (χ2v) is 7.13. The fourth-order valence-corrected chi connectivity index (χ4v) is 3.53. The largest absolute Gasteiger partial charge is 0.349 e. The molecule has 0 aliphatic heterocycles.